The lowest BCUT2D eigenvalue weighted by molar-refractivity contribution is -0.141. The molecule has 0 aromatic carbocycles. The zero-order valence-electron chi connectivity index (χ0n) is 11.5. The Bertz CT molecular complexity index is 336. The molecule has 0 aromatic heterocycles. The number of rotatable bonds is 4. The van der Waals surface area contributed by atoms with Gasteiger partial charge in [-0.1, -0.05) is 0 Å². The minimum absolute atomic E-state index is 0.144. The van der Waals surface area contributed by atoms with Gasteiger partial charge in [0.2, 0.25) is 0 Å². The third kappa shape index (κ3) is 4.36. The highest BCUT2D eigenvalue weighted by Crippen LogP contribution is 2.12. The molecule has 1 aliphatic rings. The van der Waals surface area contributed by atoms with Crippen molar-refractivity contribution < 1.29 is 24.5 Å². The summed E-state index contributed by atoms with van der Waals surface area (Å²) >= 11 is 0. The molecule has 0 bridgehead atoms. The van der Waals surface area contributed by atoms with E-state index < -0.39 is 17.9 Å². The first-order chi connectivity index (χ1) is 8.85. The largest absolute Gasteiger partial charge is 0.481 e. The SMILES string of the molecule is CC1CN(C(=O)NC(C)C(C)C(=O)O)CC(CO)O1. The van der Waals surface area contributed by atoms with Crippen molar-refractivity contribution in [2.45, 2.75) is 39.0 Å². The number of aliphatic hydroxyl groups excluding tert-OH is 1. The van der Waals surface area contributed by atoms with Gasteiger partial charge in [0.25, 0.3) is 0 Å². The van der Waals surface area contributed by atoms with Crippen molar-refractivity contribution in [2.24, 2.45) is 5.92 Å². The number of hydrogen-bond acceptors (Lipinski definition) is 4. The second-order valence-corrected chi connectivity index (χ2v) is 5.02. The number of aliphatic hydroxyl groups is 1. The van der Waals surface area contributed by atoms with Crippen LogP contribution in [0.25, 0.3) is 0 Å². The summed E-state index contributed by atoms with van der Waals surface area (Å²) < 4.78 is 5.44. The molecule has 4 unspecified atom stereocenters. The van der Waals surface area contributed by atoms with Crippen LogP contribution in [0.2, 0.25) is 0 Å². The van der Waals surface area contributed by atoms with Crippen molar-refractivity contribution in [2.75, 3.05) is 19.7 Å². The number of carboxylic acid groups (broad SMARTS) is 1. The lowest BCUT2D eigenvalue weighted by Gasteiger charge is -2.36. The lowest BCUT2D eigenvalue weighted by atomic mass is 10.0. The summed E-state index contributed by atoms with van der Waals surface area (Å²) in [6.45, 7) is 5.62. The number of carbonyl (C=O) groups is 2. The summed E-state index contributed by atoms with van der Waals surface area (Å²) in [4.78, 5) is 24.4. The summed E-state index contributed by atoms with van der Waals surface area (Å²) in [5.41, 5.74) is 0. The number of carbonyl (C=O) groups excluding carboxylic acids is 1. The van der Waals surface area contributed by atoms with Crippen molar-refractivity contribution in [3.8, 4) is 0 Å². The number of nitrogens with zero attached hydrogens (tertiary/aromatic N) is 1. The van der Waals surface area contributed by atoms with Gasteiger partial charge >= 0.3 is 12.0 Å². The van der Waals surface area contributed by atoms with Crippen LogP contribution in [-0.4, -0.2) is 65.1 Å². The summed E-state index contributed by atoms with van der Waals surface area (Å²) in [5, 5.41) is 20.6. The molecule has 0 aliphatic carbocycles. The van der Waals surface area contributed by atoms with E-state index in [4.69, 9.17) is 14.9 Å². The van der Waals surface area contributed by atoms with Gasteiger partial charge in [0, 0.05) is 12.6 Å². The van der Waals surface area contributed by atoms with E-state index in [0.29, 0.717) is 13.1 Å². The highest BCUT2D eigenvalue weighted by atomic mass is 16.5. The molecule has 110 valence electrons. The quantitative estimate of drug-likeness (QED) is 0.664. The zero-order valence-corrected chi connectivity index (χ0v) is 11.5. The second-order valence-electron chi connectivity index (χ2n) is 5.02. The molecular weight excluding hydrogens is 252 g/mol. The third-order valence-corrected chi connectivity index (χ3v) is 3.31. The van der Waals surface area contributed by atoms with Crippen LogP contribution in [0.5, 0.6) is 0 Å². The molecule has 1 saturated heterocycles. The minimum atomic E-state index is -0.948. The maximum absolute atomic E-state index is 12.0. The van der Waals surface area contributed by atoms with Gasteiger partial charge in [0.15, 0.2) is 0 Å². The molecule has 2 amide bonds. The predicted octanol–water partition coefficient (Wildman–Crippen LogP) is -0.113. The first-order valence-corrected chi connectivity index (χ1v) is 6.39. The standard InChI is InChI=1S/C12H22N2O5/c1-7-4-14(5-10(6-15)19-7)12(18)13-9(3)8(2)11(16)17/h7-10,15H,4-6H2,1-3H3,(H,13,18)(H,16,17). The number of amides is 2. The molecular formula is C12H22N2O5. The Hall–Kier alpha value is -1.34. The summed E-state index contributed by atoms with van der Waals surface area (Å²) in [6.07, 6.45) is -0.537. The maximum Gasteiger partial charge on any atom is 0.317 e. The van der Waals surface area contributed by atoms with Gasteiger partial charge in [-0.15, -0.1) is 0 Å². The number of aliphatic carboxylic acids is 1. The summed E-state index contributed by atoms with van der Waals surface area (Å²) in [6, 6.07) is -0.787. The predicted molar refractivity (Wildman–Crippen MR) is 67.8 cm³/mol. The fourth-order valence-corrected chi connectivity index (χ4v) is 1.94. The van der Waals surface area contributed by atoms with Gasteiger partial charge in [-0.3, -0.25) is 4.79 Å². The fraction of sp³-hybridized carbons (Fsp3) is 0.833. The minimum Gasteiger partial charge on any atom is -0.481 e. The van der Waals surface area contributed by atoms with E-state index in [1.807, 2.05) is 6.92 Å². The number of urea groups is 1. The number of carboxylic acids is 1. The summed E-state index contributed by atoms with van der Waals surface area (Å²) in [5.74, 6) is -1.60. The number of ether oxygens (including phenoxy) is 1. The van der Waals surface area contributed by atoms with Crippen LogP contribution in [0.3, 0.4) is 0 Å². The average Bonchev–Trinajstić information content (AvgIpc) is 2.36. The van der Waals surface area contributed by atoms with E-state index >= 15 is 0 Å². The molecule has 7 heteroatoms. The van der Waals surface area contributed by atoms with Crippen LogP contribution in [0, 0.1) is 5.92 Å². The first kappa shape index (κ1) is 15.7. The second kappa shape index (κ2) is 6.72. The molecule has 1 aliphatic heterocycles. The number of nitrogens with one attached hydrogen (secondary N) is 1. The Balaban J connectivity index is 2.55. The van der Waals surface area contributed by atoms with E-state index in [-0.39, 0.29) is 24.8 Å². The maximum atomic E-state index is 12.0. The molecule has 0 saturated carbocycles. The summed E-state index contributed by atoms with van der Waals surface area (Å²) in [7, 11) is 0. The van der Waals surface area contributed by atoms with E-state index in [1.54, 1.807) is 18.7 Å². The van der Waals surface area contributed by atoms with E-state index in [2.05, 4.69) is 5.32 Å². The van der Waals surface area contributed by atoms with Gasteiger partial charge in [-0.2, -0.15) is 0 Å². The van der Waals surface area contributed by atoms with E-state index in [9.17, 15) is 9.59 Å². The topological polar surface area (TPSA) is 99.1 Å². The normalized spacial score (nSPS) is 26.6. The molecule has 1 heterocycles. The highest BCUT2D eigenvalue weighted by Gasteiger charge is 2.30. The fourth-order valence-electron chi connectivity index (χ4n) is 1.94. The van der Waals surface area contributed by atoms with Crippen LogP contribution in [0.15, 0.2) is 0 Å². The molecule has 0 spiro atoms. The van der Waals surface area contributed by atoms with Gasteiger partial charge in [0.1, 0.15) is 0 Å². The first-order valence-electron chi connectivity index (χ1n) is 6.39. The number of morpholine rings is 1. The van der Waals surface area contributed by atoms with Crippen molar-refractivity contribution >= 4 is 12.0 Å². The molecule has 1 fully saturated rings. The average molecular weight is 274 g/mol. The van der Waals surface area contributed by atoms with Crippen LogP contribution in [0.1, 0.15) is 20.8 Å². The Morgan fingerprint density at radius 1 is 1.42 bits per heavy atom. The molecule has 19 heavy (non-hydrogen) atoms. The van der Waals surface area contributed by atoms with Crippen molar-refractivity contribution in [3.63, 3.8) is 0 Å². The Labute approximate surface area is 112 Å². The molecule has 7 nitrogen and oxygen atoms in total. The van der Waals surface area contributed by atoms with E-state index in [1.165, 1.54) is 0 Å². The monoisotopic (exact) mass is 274 g/mol. The Morgan fingerprint density at radius 2 is 2.05 bits per heavy atom. The van der Waals surface area contributed by atoms with Crippen LogP contribution in [-0.2, 0) is 9.53 Å². The molecule has 1 rings (SSSR count). The van der Waals surface area contributed by atoms with Gasteiger partial charge in [-0.05, 0) is 20.8 Å². The van der Waals surface area contributed by atoms with Crippen LogP contribution in [0.4, 0.5) is 4.79 Å². The number of hydrogen-bond donors (Lipinski definition) is 3. The van der Waals surface area contributed by atoms with Crippen molar-refractivity contribution in [3.05, 3.63) is 0 Å². The molecule has 0 aromatic rings. The Kier molecular flexibility index (Phi) is 5.56. The molecule has 3 N–H and O–H groups in total. The highest BCUT2D eigenvalue weighted by molar-refractivity contribution is 5.76. The van der Waals surface area contributed by atoms with Crippen LogP contribution < -0.4 is 5.32 Å². The van der Waals surface area contributed by atoms with Crippen molar-refractivity contribution in [1.29, 1.82) is 0 Å². The van der Waals surface area contributed by atoms with Gasteiger partial charge in [0.05, 0.1) is 31.3 Å². The smallest absolute Gasteiger partial charge is 0.317 e. The molecule has 4 atom stereocenters. The van der Waals surface area contributed by atoms with Gasteiger partial charge in [-0.25, -0.2) is 4.79 Å². The molecule has 0 radical (unpaired) electrons. The van der Waals surface area contributed by atoms with Crippen LogP contribution >= 0.6 is 0 Å². The van der Waals surface area contributed by atoms with Gasteiger partial charge < -0.3 is 25.2 Å². The third-order valence-electron chi connectivity index (χ3n) is 3.31. The zero-order chi connectivity index (χ0) is 14.6. The lowest BCUT2D eigenvalue weighted by Crippen LogP contribution is -2.55. The van der Waals surface area contributed by atoms with Crippen molar-refractivity contribution in [1.82, 2.24) is 10.2 Å². The Morgan fingerprint density at radius 3 is 2.58 bits per heavy atom. The van der Waals surface area contributed by atoms with E-state index in [0.717, 1.165) is 0 Å².